The van der Waals surface area contributed by atoms with Gasteiger partial charge in [0, 0.05) is 19.0 Å². The second-order valence-corrected chi connectivity index (χ2v) is 6.78. The van der Waals surface area contributed by atoms with E-state index in [1.54, 1.807) is 6.33 Å². The number of anilines is 1. The van der Waals surface area contributed by atoms with Crippen LogP contribution in [0, 0.1) is 0 Å². The van der Waals surface area contributed by atoms with E-state index in [1.165, 1.54) is 30.6 Å². The molecule has 1 N–H and O–H groups in total. The van der Waals surface area contributed by atoms with E-state index in [1.807, 2.05) is 4.57 Å². The van der Waals surface area contributed by atoms with Gasteiger partial charge in [-0.2, -0.15) is 0 Å². The van der Waals surface area contributed by atoms with Gasteiger partial charge in [-0.25, -0.2) is 0 Å². The van der Waals surface area contributed by atoms with Gasteiger partial charge < -0.3 is 4.57 Å². The standard InChI is InChI=1S/C13H17N7OS/c21-11(7-19-4-5-20-8-14-16-10(20)6-19)15-13-18-17-12(22-13)9-2-1-3-9/h8-9H,1-7H2,(H,15,18,21). The van der Waals surface area contributed by atoms with Crippen molar-refractivity contribution >= 4 is 22.4 Å². The molecule has 8 nitrogen and oxygen atoms in total. The Morgan fingerprint density at radius 2 is 2.23 bits per heavy atom. The molecular formula is C13H17N7OS. The van der Waals surface area contributed by atoms with Crippen molar-refractivity contribution in [1.29, 1.82) is 0 Å². The van der Waals surface area contributed by atoms with Crippen LogP contribution in [0.3, 0.4) is 0 Å². The van der Waals surface area contributed by atoms with E-state index >= 15 is 0 Å². The first-order chi connectivity index (χ1) is 10.8. The largest absolute Gasteiger partial charge is 0.315 e. The molecule has 1 aliphatic carbocycles. The number of nitrogens with one attached hydrogen (secondary N) is 1. The summed E-state index contributed by atoms with van der Waals surface area (Å²) in [6.07, 6.45) is 5.38. The summed E-state index contributed by atoms with van der Waals surface area (Å²) < 4.78 is 2.02. The maximum Gasteiger partial charge on any atom is 0.240 e. The average molecular weight is 319 g/mol. The van der Waals surface area contributed by atoms with Crippen molar-refractivity contribution in [3.8, 4) is 0 Å². The van der Waals surface area contributed by atoms with Crippen molar-refractivity contribution in [3.05, 3.63) is 17.2 Å². The van der Waals surface area contributed by atoms with Crippen LogP contribution in [0.1, 0.15) is 36.0 Å². The number of nitrogens with zero attached hydrogens (tertiary/aromatic N) is 6. The second kappa shape index (κ2) is 5.73. The van der Waals surface area contributed by atoms with Crippen molar-refractivity contribution in [2.75, 3.05) is 18.4 Å². The highest BCUT2D eigenvalue weighted by atomic mass is 32.1. The van der Waals surface area contributed by atoms with Crippen molar-refractivity contribution in [1.82, 2.24) is 29.9 Å². The average Bonchev–Trinajstić information content (AvgIpc) is 3.05. The molecule has 2 aliphatic rings. The molecule has 3 heterocycles. The number of rotatable bonds is 4. The van der Waals surface area contributed by atoms with Gasteiger partial charge >= 0.3 is 0 Å². The van der Waals surface area contributed by atoms with E-state index < -0.39 is 0 Å². The molecule has 1 amide bonds. The molecule has 0 radical (unpaired) electrons. The Labute approximate surface area is 131 Å². The summed E-state index contributed by atoms with van der Waals surface area (Å²) in [6.45, 7) is 2.63. The van der Waals surface area contributed by atoms with Crippen molar-refractivity contribution in [2.24, 2.45) is 0 Å². The van der Waals surface area contributed by atoms with E-state index in [2.05, 4.69) is 30.6 Å². The van der Waals surface area contributed by atoms with Crippen LogP contribution >= 0.6 is 11.3 Å². The zero-order chi connectivity index (χ0) is 14.9. The predicted octanol–water partition coefficient (Wildman–Crippen LogP) is 0.851. The third kappa shape index (κ3) is 2.73. The zero-order valence-corrected chi connectivity index (χ0v) is 12.9. The van der Waals surface area contributed by atoms with Gasteiger partial charge in [0.15, 0.2) is 0 Å². The number of amides is 1. The maximum atomic E-state index is 12.1. The van der Waals surface area contributed by atoms with E-state index in [0.29, 0.717) is 24.1 Å². The molecule has 0 saturated heterocycles. The molecule has 1 saturated carbocycles. The number of carbonyl (C=O) groups is 1. The van der Waals surface area contributed by atoms with Gasteiger partial charge in [0.2, 0.25) is 11.0 Å². The third-order valence-corrected chi connectivity index (χ3v) is 5.23. The molecule has 0 unspecified atom stereocenters. The zero-order valence-electron chi connectivity index (χ0n) is 12.1. The second-order valence-electron chi connectivity index (χ2n) is 5.77. The molecule has 4 rings (SSSR count). The molecule has 2 aromatic rings. The first kappa shape index (κ1) is 13.8. The first-order valence-electron chi connectivity index (χ1n) is 7.50. The molecule has 1 aliphatic heterocycles. The van der Waals surface area contributed by atoms with Crippen molar-refractivity contribution in [2.45, 2.75) is 38.3 Å². The lowest BCUT2D eigenvalue weighted by atomic mass is 9.86. The molecule has 0 aromatic carbocycles. The summed E-state index contributed by atoms with van der Waals surface area (Å²) in [6, 6.07) is 0. The van der Waals surface area contributed by atoms with E-state index in [9.17, 15) is 4.79 Å². The van der Waals surface area contributed by atoms with Crippen molar-refractivity contribution in [3.63, 3.8) is 0 Å². The molecule has 22 heavy (non-hydrogen) atoms. The van der Waals surface area contributed by atoms with Crippen LogP contribution in [0.2, 0.25) is 0 Å². The Morgan fingerprint density at radius 3 is 3.05 bits per heavy atom. The molecule has 116 valence electrons. The lowest BCUT2D eigenvalue weighted by Gasteiger charge is -2.25. The maximum absolute atomic E-state index is 12.1. The summed E-state index contributed by atoms with van der Waals surface area (Å²) in [5.41, 5.74) is 0. The van der Waals surface area contributed by atoms with Crippen LogP contribution < -0.4 is 5.32 Å². The SMILES string of the molecule is O=C(CN1CCn2cnnc2C1)Nc1nnc(C2CCC2)s1. The minimum absolute atomic E-state index is 0.0516. The Balaban J connectivity index is 1.32. The Hall–Kier alpha value is -1.87. The number of hydrogen-bond acceptors (Lipinski definition) is 7. The fraction of sp³-hybridized carbons (Fsp3) is 0.615. The van der Waals surface area contributed by atoms with E-state index in [0.717, 1.165) is 23.9 Å². The Morgan fingerprint density at radius 1 is 1.32 bits per heavy atom. The van der Waals surface area contributed by atoms with Crippen LogP contribution in [0.5, 0.6) is 0 Å². The molecule has 1 fully saturated rings. The van der Waals surface area contributed by atoms with Gasteiger partial charge in [-0.05, 0) is 12.8 Å². The first-order valence-corrected chi connectivity index (χ1v) is 8.32. The summed E-state index contributed by atoms with van der Waals surface area (Å²) in [7, 11) is 0. The molecule has 0 atom stereocenters. The molecule has 2 aromatic heterocycles. The van der Waals surface area contributed by atoms with E-state index in [4.69, 9.17) is 0 Å². The normalized spacial score (nSPS) is 18.7. The highest BCUT2D eigenvalue weighted by Crippen LogP contribution is 2.38. The molecular weight excluding hydrogens is 302 g/mol. The fourth-order valence-electron chi connectivity index (χ4n) is 2.72. The summed E-state index contributed by atoms with van der Waals surface area (Å²) in [4.78, 5) is 14.2. The third-order valence-electron chi connectivity index (χ3n) is 4.23. The molecule has 9 heteroatoms. The van der Waals surface area contributed by atoms with Gasteiger partial charge in [0.05, 0.1) is 13.1 Å². The smallest absolute Gasteiger partial charge is 0.240 e. The van der Waals surface area contributed by atoms with Crippen LogP contribution in [-0.2, 0) is 17.9 Å². The predicted molar refractivity (Wildman–Crippen MR) is 80.4 cm³/mol. The van der Waals surface area contributed by atoms with Gasteiger partial charge in [-0.15, -0.1) is 20.4 Å². The minimum atomic E-state index is -0.0516. The number of carbonyl (C=O) groups excluding carboxylic acids is 1. The summed E-state index contributed by atoms with van der Waals surface area (Å²) in [5, 5.41) is 20.7. The summed E-state index contributed by atoms with van der Waals surface area (Å²) >= 11 is 1.50. The van der Waals surface area contributed by atoms with Crippen LogP contribution in [-0.4, -0.2) is 48.9 Å². The highest BCUT2D eigenvalue weighted by molar-refractivity contribution is 7.15. The number of aromatic nitrogens is 5. The Kier molecular flexibility index (Phi) is 3.59. The van der Waals surface area contributed by atoms with E-state index in [-0.39, 0.29) is 5.91 Å². The molecule has 0 bridgehead atoms. The quantitative estimate of drug-likeness (QED) is 0.899. The van der Waals surface area contributed by atoms with Crippen LogP contribution in [0.4, 0.5) is 5.13 Å². The number of fused-ring (bicyclic) bond motifs is 1. The van der Waals surface area contributed by atoms with Crippen LogP contribution in [0.25, 0.3) is 0 Å². The monoisotopic (exact) mass is 319 g/mol. The highest BCUT2D eigenvalue weighted by Gasteiger charge is 2.24. The lowest BCUT2D eigenvalue weighted by Crippen LogP contribution is -2.39. The van der Waals surface area contributed by atoms with Crippen molar-refractivity contribution < 1.29 is 4.79 Å². The minimum Gasteiger partial charge on any atom is -0.315 e. The van der Waals surface area contributed by atoms with Gasteiger partial charge in [-0.3, -0.25) is 15.0 Å². The van der Waals surface area contributed by atoms with Gasteiger partial charge in [0.1, 0.15) is 17.2 Å². The molecule has 0 spiro atoms. The van der Waals surface area contributed by atoms with Gasteiger partial charge in [-0.1, -0.05) is 17.8 Å². The Bertz CT molecular complexity index is 677. The number of hydrogen-bond donors (Lipinski definition) is 1. The van der Waals surface area contributed by atoms with Crippen LogP contribution in [0.15, 0.2) is 6.33 Å². The fourth-order valence-corrected chi connectivity index (χ4v) is 3.65. The summed E-state index contributed by atoms with van der Waals surface area (Å²) in [5.74, 6) is 1.41. The van der Waals surface area contributed by atoms with Gasteiger partial charge in [0.25, 0.3) is 0 Å². The topological polar surface area (TPSA) is 88.8 Å². The lowest BCUT2D eigenvalue weighted by molar-refractivity contribution is -0.117.